The molecule has 0 radical (unpaired) electrons. The highest BCUT2D eigenvalue weighted by molar-refractivity contribution is 7.93. The van der Waals surface area contributed by atoms with Gasteiger partial charge in [0, 0.05) is 5.69 Å². The van der Waals surface area contributed by atoms with Crippen LogP contribution in [0.3, 0.4) is 0 Å². The molecule has 0 fully saturated rings. The smallest absolute Gasteiger partial charge is 0.267 e. The molecule has 3 aromatic carbocycles. The van der Waals surface area contributed by atoms with Crippen LogP contribution in [0.1, 0.15) is 0 Å². The van der Waals surface area contributed by atoms with E-state index in [1.54, 1.807) is 42.5 Å². The second-order valence-electron chi connectivity index (χ2n) is 5.71. The van der Waals surface area contributed by atoms with Crippen molar-refractivity contribution in [3.63, 3.8) is 0 Å². The van der Waals surface area contributed by atoms with Gasteiger partial charge in [0.2, 0.25) is 0 Å². The van der Waals surface area contributed by atoms with E-state index in [1.165, 1.54) is 17.4 Å². The summed E-state index contributed by atoms with van der Waals surface area (Å²) in [4.78, 5) is 4.35. The summed E-state index contributed by atoms with van der Waals surface area (Å²) < 4.78 is 35.0. The number of hydrogen-bond donors (Lipinski definition) is 2. The van der Waals surface area contributed by atoms with E-state index in [1.807, 2.05) is 24.3 Å². The Morgan fingerprint density at radius 2 is 1.63 bits per heavy atom. The summed E-state index contributed by atoms with van der Waals surface area (Å²) in [6.07, 6.45) is 0. The standard InChI is InChI=1S/C19H15N3O3S2/c20-13-9-11-14(12-10-13)25-16-6-2-4-8-18(16)27(23,24)22-19-21-15-5-1-3-7-17(15)26-19/h1-12H,20H2,(H,21,22). The first-order valence-electron chi connectivity index (χ1n) is 8.02. The van der Waals surface area contributed by atoms with E-state index < -0.39 is 10.0 Å². The molecule has 6 nitrogen and oxygen atoms in total. The molecule has 4 aromatic rings. The molecule has 0 saturated heterocycles. The molecule has 0 amide bonds. The number of para-hydroxylation sites is 2. The summed E-state index contributed by atoms with van der Waals surface area (Å²) in [7, 11) is -3.87. The van der Waals surface area contributed by atoms with E-state index in [-0.39, 0.29) is 10.6 Å². The number of aromatic nitrogens is 1. The van der Waals surface area contributed by atoms with Crippen molar-refractivity contribution in [3.8, 4) is 11.5 Å². The van der Waals surface area contributed by atoms with Crippen molar-refractivity contribution in [1.29, 1.82) is 0 Å². The molecule has 8 heteroatoms. The van der Waals surface area contributed by atoms with Crippen LogP contribution in [0.25, 0.3) is 10.2 Å². The largest absolute Gasteiger partial charge is 0.456 e. The molecule has 0 aliphatic carbocycles. The lowest BCUT2D eigenvalue weighted by Gasteiger charge is -2.12. The van der Waals surface area contributed by atoms with Crippen LogP contribution in [-0.2, 0) is 10.0 Å². The van der Waals surface area contributed by atoms with Gasteiger partial charge in [-0.3, -0.25) is 4.72 Å². The fraction of sp³-hybridized carbons (Fsp3) is 0. The Morgan fingerprint density at radius 1 is 0.926 bits per heavy atom. The number of benzene rings is 3. The van der Waals surface area contributed by atoms with Crippen LogP contribution in [0, 0.1) is 0 Å². The SMILES string of the molecule is Nc1ccc(Oc2ccccc2S(=O)(=O)Nc2nc3ccccc3s2)cc1. The van der Waals surface area contributed by atoms with Gasteiger partial charge in [-0.15, -0.1) is 0 Å². The zero-order chi connectivity index (χ0) is 18.9. The molecule has 0 atom stereocenters. The Hall–Kier alpha value is -3.10. The average Bonchev–Trinajstić information content (AvgIpc) is 3.05. The lowest BCUT2D eigenvalue weighted by molar-refractivity contribution is 0.468. The molecule has 3 N–H and O–H groups in total. The highest BCUT2D eigenvalue weighted by Gasteiger charge is 2.21. The lowest BCUT2D eigenvalue weighted by Crippen LogP contribution is -2.13. The third-order valence-corrected chi connectivity index (χ3v) is 6.22. The van der Waals surface area contributed by atoms with Gasteiger partial charge >= 0.3 is 0 Å². The number of thiazole rings is 1. The topological polar surface area (TPSA) is 94.3 Å². The number of nitrogens with two attached hydrogens (primary N) is 1. The van der Waals surface area contributed by atoms with Crippen LogP contribution in [0.15, 0.2) is 77.7 Å². The van der Waals surface area contributed by atoms with Gasteiger partial charge in [-0.25, -0.2) is 13.4 Å². The van der Waals surface area contributed by atoms with E-state index in [2.05, 4.69) is 9.71 Å². The number of hydrogen-bond acceptors (Lipinski definition) is 6. The summed E-state index contributed by atoms with van der Waals surface area (Å²) in [5, 5.41) is 0.304. The molecule has 0 spiro atoms. The number of nitrogens with zero attached hydrogens (tertiary/aromatic N) is 1. The summed E-state index contributed by atoms with van der Waals surface area (Å²) in [6, 6.07) is 20.6. The second kappa shape index (κ2) is 6.90. The van der Waals surface area contributed by atoms with E-state index >= 15 is 0 Å². The molecule has 0 aliphatic rings. The van der Waals surface area contributed by atoms with Crippen LogP contribution in [-0.4, -0.2) is 13.4 Å². The molecule has 27 heavy (non-hydrogen) atoms. The van der Waals surface area contributed by atoms with Crippen molar-refractivity contribution in [2.45, 2.75) is 4.90 Å². The van der Waals surface area contributed by atoms with Crippen LogP contribution in [0.4, 0.5) is 10.8 Å². The summed E-state index contributed by atoms with van der Waals surface area (Å²) in [5.41, 5.74) is 7.01. The minimum absolute atomic E-state index is 0.0288. The summed E-state index contributed by atoms with van der Waals surface area (Å²) in [6.45, 7) is 0. The Labute approximate surface area is 160 Å². The Kier molecular flexibility index (Phi) is 4.43. The van der Waals surface area contributed by atoms with Crippen molar-refractivity contribution in [3.05, 3.63) is 72.8 Å². The fourth-order valence-electron chi connectivity index (χ4n) is 2.51. The lowest BCUT2D eigenvalue weighted by atomic mass is 10.3. The number of nitrogen functional groups attached to an aromatic ring is 1. The van der Waals surface area contributed by atoms with Crippen molar-refractivity contribution in [2.24, 2.45) is 0 Å². The Morgan fingerprint density at radius 3 is 2.41 bits per heavy atom. The van der Waals surface area contributed by atoms with Gasteiger partial charge in [0.05, 0.1) is 10.2 Å². The molecule has 0 unspecified atom stereocenters. The maximum Gasteiger partial charge on any atom is 0.267 e. The third-order valence-electron chi connectivity index (χ3n) is 3.76. The number of ether oxygens (including phenoxy) is 1. The van der Waals surface area contributed by atoms with Crippen molar-refractivity contribution in [2.75, 3.05) is 10.5 Å². The van der Waals surface area contributed by atoms with Crippen LogP contribution >= 0.6 is 11.3 Å². The Balaban J connectivity index is 1.66. The molecule has 0 saturated carbocycles. The Bertz CT molecular complexity index is 1170. The third kappa shape index (κ3) is 3.71. The summed E-state index contributed by atoms with van der Waals surface area (Å²) >= 11 is 1.27. The number of nitrogens with one attached hydrogen (secondary N) is 1. The first-order chi connectivity index (χ1) is 13.0. The normalized spacial score (nSPS) is 11.4. The molecule has 4 rings (SSSR count). The quantitative estimate of drug-likeness (QED) is 0.485. The predicted octanol–water partition coefficient (Wildman–Crippen LogP) is 4.47. The predicted molar refractivity (Wildman–Crippen MR) is 108 cm³/mol. The zero-order valence-corrected chi connectivity index (χ0v) is 15.6. The van der Waals surface area contributed by atoms with E-state index in [0.717, 1.165) is 10.2 Å². The first kappa shape index (κ1) is 17.3. The van der Waals surface area contributed by atoms with Crippen molar-refractivity contribution < 1.29 is 13.2 Å². The minimum atomic E-state index is -3.87. The van der Waals surface area contributed by atoms with Gasteiger partial charge in [-0.05, 0) is 48.5 Å². The van der Waals surface area contributed by atoms with E-state index in [0.29, 0.717) is 16.6 Å². The maximum atomic E-state index is 12.9. The number of anilines is 2. The van der Waals surface area contributed by atoms with Crippen molar-refractivity contribution >= 4 is 42.4 Å². The molecule has 0 bridgehead atoms. The zero-order valence-electron chi connectivity index (χ0n) is 14.0. The monoisotopic (exact) mass is 397 g/mol. The number of fused-ring (bicyclic) bond motifs is 1. The molecular formula is C19H15N3O3S2. The van der Waals surface area contributed by atoms with Gasteiger partial charge in [0.25, 0.3) is 10.0 Å². The second-order valence-corrected chi connectivity index (χ2v) is 8.39. The average molecular weight is 397 g/mol. The summed E-state index contributed by atoms with van der Waals surface area (Å²) in [5.74, 6) is 0.711. The van der Waals surface area contributed by atoms with Gasteiger partial charge in [-0.1, -0.05) is 35.6 Å². The van der Waals surface area contributed by atoms with Gasteiger partial charge in [0.15, 0.2) is 5.13 Å². The molecule has 1 heterocycles. The molecule has 0 aliphatic heterocycles. The molecule has 1 aromatic heterocycles. The first-order valence-corrected chi connectivity index (χ1v) is 10.3. The number of rotatable bonds is 5. The van der Waals surface area contributed by atoms with Crippen LogP contribution in [0.5, 0.6) is 11.5 Å². The van der Waals surface area contributed by atoms with Crippen LogP contribution < -0.4 is 15.2 Å². The minimum Gasteiger partial charge on any atom is -0.456 e. The molecular weight excluding hydrogens is 382 g/mol. The van der Waals surface area contributed by atoms with Crippen molar-refractivity contribution in [1.82, 2.24) is 4.98 Å². The van der Waals surface area contributed by atoms with Gasteiger partial charge < -0.3 is 10.5 Å². The maximum absolute atomic E-state index is 12.9. The van der Waals surface area contributed by atoms with Gasteiger partial charge in [-0.2, -0.15) is 0 Å². The van der Waals surface area contributed by atoms with Gasteiger partial charge in [0.1, 0.15) is 16.4 Å². The van der Waals surface area contributed by atoms with E-state index in [9.17, 15) is 8.42 Å². The van der Waals surface area contributed by atoms with E-state index in [4.69, 9.17) is 10.5 Å². The van der Waals surface area contributed by atoms with Crippen LogP contribution in [0.2, 0.25) is 0 Å². The fourth-order valence-corrected chi connectivity index (χ4v) is 4.74. The highest BCUT2D eigenvalue weighted by atomic mass is 32.2. The number of sulfonamides is 1. The molecule has 136 valence electrons. The highest BCUT2D eigenvalue weighted by Crippen LogP contribution is 2.32.